The summed E-state index contributed by atoms with van der Waals surface area (Å²) in [6.07, 6.45) is 5.52. The summed E-state index contributed by atoms with van der Waals surface area (Å²) >= 11 is 1.27. The molecule has 0 bridgehead atoms. The molecule has 1 aliphatic rings. The van der Waals surface area contributed by atoms with E-state index in [1.165, 1.54) is 17.4 Å². The highest BCUT2D eigenvalue weighted by Crippen LogP contribution is 2.29. The summed E-state index contributed by atoms with van der Waals surface area (Å²) in [6.45, 7) is 0. The number of aryl methyl sites for hydroxylation is 1. The topological polar surface area (TPSA) is 59.1 Å². The van der Waals surface area contributed by atoms with Crippen LogP contribution in [0.3, 0.4) is 0 Å². The molecule has 0 atom stereocenters. The lowest BCUT2D eigenvalue weighted by Crippen LogP contribution is -2.08. The van der Waals surface area contributed by atoms with E-state index in [4.69, 9.17) is 0 Å². The standard InChI is InChI=1S/C20H16N2O2S/c23-17-10-4-9-16-19(17)25-20(21-16)22-18(24)12-11-14-7-3-6-13-5-1-2-8-15(13)14/h1-3,5-8,11-12H,4,9-10H2,(H,21,22,24). The number of carbonyl (C=O) groups excluding carboxylic acids is 2. The first kappa shape index (κ1) is 15.7. The summed E-state index contributed by atoms with van der Waals surface area (Å²) in [4.78, 5) is 29.1. The number of rotatable bonds is 3. The minimum absolute atomic E-state index is 0.130. The fourth-order valence-electron chi connectivity index (χ4n) is 3.03. The molecule has 0 fully saturated rings. The molecular formula is C20H16N2O2S. The van der Waals surface area contributed by atoms with Crippen molar-refractivity contribution in [3.63, 3.8) is 0 Å². The fourth-order valence-corrected chi connectivity index (χ4v) is 4.01. The van der Waals surface area contributed by atoms with Gasteiger partial charge in [-0.3, -0.25) is 14.9 Å². The number of nitrogens with one attached hydrogen (secondary N) is 1. The van der Waals surface area contributed by atoms with Gasteiger partial charge in [-0.15, -0.1) is 0 Å². The number of nitrogens with zero attached hydrogens (tertiary/aromatic N) is 1. The third-order valence-electron chi connectivity index (χ3n) is 4.24. The Bertz CT molecular complexity index is 999. The Hall–Kier alpha value is -2.79. The van der Waals surface area contributed by atoms with Crippen molar-refractivity contribution in [2.75, 3.05) is 5.32 Å². The predicted molar refractivity (Wildman–Crippen MR) is 101 cm³/mol. The molecule has 2 aromatic carbocycles. The van der Waals surface area contributed by atoms with E-state index in [9.17, 15) is 9.59 Å². The quantitative estimate of drug-likeness (QED) is 0.711. The summed E-state index contributed by atoms with van der Waals surface area (Å²) in [6, 6.07) is 14.1. The molecule has 1 aromatic heterocycles. The number of Topliss-reactive ketones (excluding diaryl/α,β-unsaturated/α-hetero) is 1. The van der Waals surface area contributed by atoms with Crippen LogP contribution < -0.4 is 5.32 Å². The van der Waals surface area contributed by atoms with E-state index in [-0.39, 0.29) is 11.7 Å². The molecule has 0 saturated heterocycles. The fraction of sp³-hybridized carbons (Fsp3) is 0.150. The van der Waals surface area contributed by atoms with Gasteiger partial charge in [0.1, 0.15) is 0 Å². The molecule has 0 saturated carbocycles. The van der Waals surface area contributed by atoms with Crippen molar-refractivity contribution in [2.24, 2.45) is 0 Å². The molecule has 0 unspecified atom stereocenters. The van der Waals surface area contributed by atoms with Gasteiger partial charge in [0.15, 0.2) is 10.9 Å². The van der Waals surface area contributed by atoms with Gasteiger partial charge in [-0.25, -0.2) is 4.98 Å². The van der Waals surface area contributed by atoms with Crippen molar-refractivity contribution in [2.45, 2.75) is 19.3 Å². The molecule has 3 aromatic rings. The molecule has 0 spiro atoms. The first-order chi connectivity index (χ1) is 12.2. The molecule has 4 rings (SSSR count). The van der Waals surface area contributed by atoms with E-state index in [0.717, 1.165) is 34.9 Å². The lowest BCUT2D eigenvalue weighted by molar-refractivity contribution is -0.111. The van der Waals surface area contributed by atoms with Gasteiger partial charge in [-0.1, -0.05) is 53.8 Å². The maximum atomic E-state index is 12.2. The van der Waals surface area contributed by atoms with Gasteiger partial charge in [0, 0.05) is 12.5 Å². The molecule has 1 aliphatic carbocycles. The van der Waals surface area contributed by atoms with Crippen molar-refractivity contribution in [3.8, 4) is 0 Å². The second kappa shape index (κ2) is 6.61. The SMILES string of the molecule is O=C(C=Cc1cccc2ccccc12)Nc1nc2c(s1)C(=O)CCC2. The normalized spacial score (nSPS) is 14.0. The Kier molecular flexibility index (Phi) is 4.15. The van der Waals surface area contributed by atoms with E-state index < -0.39 is 0 Å². The second-order valence-corrected chi connectivity index (χ2v) is 6.96. The largest absolute Gasteiger partial charge is 0.298 e. The predicted octanol–water partition coefficient (Wildman–Crippen LogP) is 4.47. The molecule has 25 heavy (non-hydrogen) atoms. The van der Waals surface area contributed by atoms with Crippen LogP contribution in [0.5, 0.6) is 0 Å². The van der Waals surface area contributed by atoms with Gasteiger partial charge in [0.2, 0.25) is 5.91 Å². The number of anilines is 1. The Morgan fingerprint density at radius 3 is 2.84 bits per heavy atom. The number of carbonyl (C=O) groups is 2. The number of benzene rings is 2. The van der Waals surface area contributed by atoms with Gasteiger partial charge < -0.3 is 0 Å². The van der Waals surface area contributed by atoms with E-state index in [0.29, 0.717) is 16.4 Å². The molecule has 4 nitrogen and oxygen atoms in total. The molecule has 0 aliphatic heterocycles. The van der Waals surface area contributed by atoms with Gasteiger partial charge in [0.25, 0.3) is 0 Å². The van der Waals surface area contributed by atoms with Crippen LogP contribution in [0.15, 0.2) is 48.5 Å². The summed E-state index contributed by atoms with van der Waals surface area (Å²) in [5, 5.41) is 5.50. The van der Waals surface area contributed by atoms with E-state index >= 15 is 0 Å². The first-order valence-electron chi connectivity index (χ1n) is 8.20. The van der Waals surface area contributed by atoms with Crippen LogP contribution >= 0.6 is 11.3 Å². The Morgan fingerprint density at radius 1 is 1.12 bits per heavy atom. The van der Waals surface area contributed by atoms with Crippen molar-refractivity contribution in [3.05, 3.63) is 64.7 Å². The van der Waals surface area contributed by atoms with Gasteiger partial charge in [0.05, 0.1) is 10.6 Å². The highest BCUT2D eigenvalue weighted by molar-refractivity contribution is 7.17. The molecule has 124 valence electrons. The monoisotopic (exact) mass is 348 g/mol. The zero-order valence-electron chi connectivity index (χ0n) is 13.5. The molecule has 1 N–H and O–H groups in total. The van der Waals surface area contributed by atoms with Crippen LogP contribution in [0, 0.1) is 0 Å². The number of aromatic nitrogens is 1. The summed E-state index contributed by atoms with van der Waals surface area (Å²) in [5.74, 6) is -0.114. The van der Waals surface area contributed by atoms with Crippen molar-refractivity contribution >= 4 is 45.0 Å². The molecule has 5 heteroatoms. The Labute approximate surface area is 149 Å². The van der Waals surface area contributed by atoms with Crippen LogP contribution in [-0.4, -0.2) is 16.7 Å². The minimum atomic E-state index is -0.244. The third kappa shape index (κ3) is 3.23. The molecule has 1 amide bonds. The number of amides is 1. The Morgan fingerprint density at radius 2 is 1.96 bits per heavy atom. The van der Waals surface area contributed by atoms with Crippen LogP contribution in [-0.2, 0) is 11.2 Å². The molecule has 1 heterocycles. The zero-order chi connectivity index (χ0) is 17.2. The zero-order valence-corrected chi connectivity index (χ0v) is 14.3. The minimum Gasteiger partial charge on any atom is -0.298 e. The number of ketones is 1. The van der Waals surface area contributed by atoms with Crippen molar-refractivity contribution in [1.82, 2.24) is 4.98 Å². The maximum absolute atomic E-state index is 12.2. The highest BCUT2D eigenvalue weighted by atomic mass is 32.1. The van der Waals surface area contributed by atoms with Gasteiger partial charge >= 0.3 is 0 Å². The van der Waals surface area contributed by atoms with E-state index in [2.05, 4.69) is 10.3 Å². The van der Waals surface area contributed by atoms with Crippen molar-refractivity contribution < 1.29 is 9.59 Å². The smallest absolute Gasteiger partial charge is 0.250 e. The average molecular weight is 348 g/mol. The third-order valence-corrected chi connectivity index (χ3v) is 5.29. The van der Waals surface area contributed by atoms with Crippen LogP contribution in [0.25, 0.3) is 16.8 Å². The number of thiazole rings is 1. The second-order valence-electron chi connectivity index (χ2n) is 5.96. The molecule has 0 radical (unpaired) electrons. The summed E-state index contributed by atoms with van der Waals surface area (Å²) in [7, 11) is 0. The van der Waals surface area contributed by atoms with Crippen molar-refractivity contribution in [1.29, 1.82) is 0 Å². The van der Waals surface area contributed by atoms with Crippen LogP contribution in [0.4, 0.5) is 5.13 Å². The van der Waals surface area contributed by atoms with Gasteiger partial charge in [-0.2, -0.15) is 0 Å². The van der Waals surface area contributed by atoms with Gasteiger partial charge in [-0.05, 0) is 35.3 Å². The molecular weight excluding hydrogens is 332 g/mol. The number of hydrogen-bond donors (Lipinski definition) is 1. The van der Waals surface area contributed by atoms with Crippen LogP contribution in [0.2, 0.25) is 0 Å². The first-order valence-corrected chi connectivity index (χ1v) is 9.02. The average Bonchev–Trinajstić information content (AvgIpc) is 3.04. The lowest BCUT2D eigenvalue weighted by Gasteiger charge is -2.05. The van der Waals surface area contributed by atoms with E-state index in [1.54, 1.807) is 6.08 Å². The lowest BCUT2D eigenvalue weighted by atomic mass is 10.0. The highest BCUT2D eigenvalue weighted by Gasteiger charge is 2.22. The summed E-state index contributed by atoms with van der Waals surface area (Å²) < 4.78 is 0. The number of hydrogen-bond acceptors (Lipinski definition) is 4. The van der Waals surface area contributed by atoms with Crippen LogP contribution in [0.1, 0.15) is 33.8 Å². The maximum Gasteiger partial charge on any atom is 0.250 e. The Balaban J connectivity index is 1.52. The van der Waals surface area contributed by atoms with E-state index in [1.807, 2.05) is 42.5 Å². The number of fused-ring (bicyclic) bond motifs is 2. The summed E-state index contributed by atoms with van der Waals surface area (Å²) in [5.41, 5.74) is 1.80.